The summed E-state index contributed by atoms with van der Waals surface area (Å²) in [6.07, 6.45) is 5.61. The van der Waals surface area contributed by atoms with Crippen molar-refractivity contribution in [3.05, 3.63) is 46.8 Å². The Labute approximate surface area is 186 Å². The van der Waals surface area contributed by atoms with Gasteiger partial charge in [0.15, 0.2) is 0 Å². The number of hydrogen-bond donors (Lipinski definition) is 3. The van der Waals surface area contributed by atoms with Crippen LogP contribution in [-0.2, 0) is 16.8 Å². The molecule has 0 spiro atoms. The van der Waals surface area contributed by atoms with E-state index in [4.69, 9.17) is 16.4 Å². The third kappa shape index (κ3) is 4.63. The predicted molar refractivity (Wildman–Crippen MR) is 117 cm³/mol. The van der Waals surface area contributed by atoms with E-state index in [1.165, 1.54) is 24.5 Å². The Morgan fingerprint density at radius 1 is 1.42 bits per heavy atom. The highest BCUT2D eigenvalue weighted by molar-refractivity contribution is 7.91. The molecule has 31 heavy (non-hydrogen) atoms. The first-order valence-corrected chi connectivity index (χ1v) is 12.7. The number of benzene rings is 1. The van der Waals surface area contributed by atoms with Crippen LogP contribution in [0.5, 0.6) is 0 Å². The van der Waals surface area contributed by atoms with E-state index in [0.29, 0.717) is 29.9 Å². The predicted octanol–water partition coefficient (Wildman–Crippen LogP) is 3.78. The topological polar surface area (TPSA) is 108 Å². The number of aromatic nitrogens is 2. The van der Waals surface area contributed by atoms with Crippen molar-refractivity contribution >= 4 is 32.9 Å². The molecular formula is C21H26ClFN4O3S. The maximum Gasteiger partial charge on any atom is 0.274 e. The summed E-state index contributed by atoms with van der Waals surface area (Å²) < 4.78 is 34.6. The molecule has 0 radical (unpaired) electrons. The van der Waals surface area contributed by atoms with Gasteiger partial charge >= 0.3 is 0 Å². The Balaban J connectivity index is 1.49. The van der Waals surface area contributed by atoms with Crippen LogP contribution in [0.25, 0.3) is 0 Å². The number of amides is 1. The molecular weight excluding hydrogens is 443 g/mol. The molecule has 2 saturated carbocycles. The average Bonchev–Trinajstić information content (AvgIpc) is 3.27. The minimum Gasteiger partial charge on any atom is -0.389 e. The molecule has 4 rings (SSSR count). The smallest absolute Gasteiger partial charge is 0.274 e. The van der Waals surface area contributed by atoms with Gasteiger partial charge in [-0.15, -0.1) is 0 Å². The molecule has 1 aromatic carbocycles. The van der Waals surface area contributed by atoms with Crippen molar-refractivity contribution in [3.8, 4) is 0 Å². The van der Waals surface area contributed by atoms with E-state index in [2.05, 4.69) is 10.3 Å². The molecule has 0 aliphatic heterocycles. The summed E-state index contributed by atoms with van der Waals surface area (Å²) in [5.74, 6) is -0.292. The number of hydrogen-bond acceptors (Lipinski definition) is 5. The van der Waals surface area contributed by atoms with E-state index < -0.39 is 21.1 Å². The Kier molecular flexibility index (Phi) is 5.64. The van der Waals surface area contributed by atoms with Crippen molar-refractivity contribution in [2.45, 2.75) is 37.2 Å². The zero-order valence-electron chi connectivity index (χ0n) is 17.4. The van der Waals surface area contributed by atoms with Gasteiger partial charge in [-0.05, 0) is 55.7 Å². The zero-order chi connectivity index (χ0) is 22.6. The van der Waals surface area contributed by atoms with Crippen LogP contribution < -0.4 is 5.32 Å². The molecule has 3 N–H and O–H groups in total. The molecule has 3 atom stereocenters. The Hall–Kier alpha value is -1.97. The van der Waals surface area contributed by atoms with Crippen molar-refractivity contribution < 1.29 is 18.5 Å². The fraction of sp³-hybridized carbons (Fsp3) is 0.524. The zero-order valence-corrected chi connectivity index (χ0v) is 19.0. The minimum atomic E-state index is -2.76. The quantitative estimate of drug-likeness (QED) is 0.620. The summed E-state index contributed by atoms with van der Waals surface area (Å²) >= 11 is 5.81. The van der Waals surface area contributed by atoms with Gasteiger partial charge in [-0.2, -0.15) is 0 Å². The van der Waals surface area contributed by atoms with Gasteiger partial charge in [0.2, 0.25) is 0 Å². The SMILES string of the molecule is Cn1cnc(C2CC3CC(O)(CS(C)(=N)=O)CC3C2)c1C(=O)Nc1ccc(F)c(Cl)c1. The van der Waals surface area contributed by atoms with Crippen LogP contribution in [0.1, 0.15) is 47.8 Å². The molecule has 2 fully saturated rings. The van der Waals surface area contributed by atoms with Crippen molar-refractivity contribution in [1.82, 2.24) is 9.55 Å². The van der Waals surface area contributed by atoms with Crippen molar-refractivity contribution in [1.29, 1.82) is 4.78 Å². The molecule has 0 saturated heterocycles. The molecule has 1 heterocycles. The number of halogens is 2. The molecule has 2 aliphatic rings. The summed E-state index contributed by atoms with van der Waals surface area (Å²) in [7, 11) is -1.01. The third-order valence-electron chi connectivity index (χ3n) is 6.41. The molecule has 0 bridgehead atoms. The Morgan fingerprint density at radius 2 is 2.06 bits per heavy atom. The van der Waals surface area contributed by atoms with Gasteiger partial charge in [0, 0.05) is 34.6 Å². The normalized spacial score (nSPS) is 29.5. The van der Waals surface area contributed by atoms with Crippen LogP contribution in [-0.4, -0.2) is 42.4 Å². The van der Waals surface area contributed by atoms with Crippen molar-refractivity contribution in [3.63, 3.8) is 0 Å². The van der Waals surface area contributed by atoms with E-state index in [1.807, 2.05) is 0 Å². The molecule has 2 aliphatic carbocycles. The number of nitrogens with one attached hydrogen (secondary N) is 2. The maximum absolute atomic E-state index is 13.4. The van der Waals surface area contributed by atoms with Gasteiger partial charge in [-0.1, -0.05) is 11.6 Å². The van der Waals surface area contributed by atoms with E-state index >= 15 is 0 Å². The van der Waals surface area contributed by atoms with Crippen molar-refractivity contribution in [2.24, 2.45) is 18.9 Å². The standard InChI is InChI=1S/C21H26ClFN4O3S/c1-27-11-25-18(19(27)20(28)26-15-3-4-17(23)16(22)7-15)12-5-13-8-21(29,9-14(13)6-12)10-31(2,24)30/h3-4,7,11-14,24,29H,5-6,8-10H2,1-2H3,(H,26,28). The number of rotatable bonds is 5. The van der Waals surface area contributed by atoms with Gasteiger partial charge in [0.05, 0.1) is 28.4 Å². The number of anilines is 1. The molecule has 7 nitrogen and oxygen atoms in total. The number of carbonyl (C=O) groups is 1. The van der Waals surface area contributed by atoms with Crippen molar-refractivity contribution in [2.75, 3.05) is 17.3 Å². The Morgan fingerprint density at radius 3 is 2.65 bits per heavy atom. The fourth-order valence-electron chi connectivity index (χ4n) is 5.41. The van der Waals surface area contributed by atoms with Crippen LogP contribution in [0.2, 0.25) is 5.02 Å². The second-order valence-corrected chi connectivity index (χ2v) is 11.8. The van der Waals surface area contributed by atoms with Gasteiger partial charge < -0.3 is 15.0 Å². The van der Waals surface area contributed by atoms with Crippen LogP contribution >= 0.6 is 11.6 Å². The first-order valence-electron chi connectivity index (χ1n) is 10.2. The number of carbonyl (C=O) groups excluding carboxylic acids is 1. The largest absolute Gasteiger partial charge is 0.389 e. The molecule has 1 aromatic heterocycles. The summed E-state index contributed by atoms with van der Waals surface area (Å²) in [6.45, 7) is 0. The maximum atomic E-state index is 13.4. The monoisotopic (exact) mass is 468 g/mol. The average molecular weight is 469 g/mol. The highest BCUT2D eigenvalue weighted by atomic mass is 35.5. The highest BCUT2D eigenvalue weighted by Crippen LogP contribution is 2.54. The van der Waals surface area contributed by atoms with Crippen LogP contribution in [0, 0.1) is 22.4 Å². The molecule has 10 heteroatoms. The molecule has 3 unspecified atom stereocenters. The van der Waals surface area contributed by atoms with E-state index in [-0.39, 0.29) is 34.4 Å². The van der Waals surface area contributed by atoms with Crippen LogP contribution in [0.15, 0.2) is 24.5 Å². The van der Waals surface area contributed by atoms with Crippen LogP contribution in [0.3, 0.4) is 0 Å². The van der Waals surface area contributed by atoms with Gasteiger partial charge in [-0.3, -0.25) is 13.8 Å². The lowest BCUT2D eigenvalue weighted by molar-refractivity contribution is 0.0618. The number of nitrogens with zero attached hydrogens (tertiary/aromatic N) is 2. The van der Waals surface area contributed by atoms with Gasteiger partial charge in [0.1, 0.15) is 11.5 Å². The second kappa shape index (κ2) is 7.86. The number of aryl methyl sites for hydroxylation is 1. The fourth-order valence-corrected chi connectivity index (χ4v) is 6.85. The van der Waals surface area contributed by atoms with E-state index in [1.54, 1.807) is 17.9 Å². The van der Waals surface area contributed by atoms with Gasteiger partial charge in [-0.25, -0.2) is 9.37 Å². The summed E-state index contributed by atoms with van der Waals surface area (Å²) in [6, 6.07) is 4.02. The van der Waals surface area contributed by atoms with E-state index in [9.17, 15) is 18.5 Å². The highest BCUT2D eigenvalue weighted by Gasteiger charge is 2.50. The Bertz CT molecular complexity index is 1120. The van der Waals surface area contributed by atoms with Crippen LogP contribution in [0.4, 0.5) is 10.1 Å². The minimum absolute atomic E-state index is 0.00907. The summed E-state index contributed by atoms with van der Waals surface area (Å²) in [5, 5.41) is 13.5. The van der Waals surface area contributed by atoms with E-state index in [0.717, 1.165) is 12.8 Å². The lowest BCUT2D eigenvalue weighted by atomic mass is 9.93. The number of fused-ring (bicyclic) bond motifs is 1. The lowest BCUT2D eigenvalue weighted by Gasteiger charge is -2.24. The number of aliphatic hydroxyl groups is 1. The van der Waals surface area contributed by atoms with Gasteiger partial charge in [0.25, 0.3) is 5.91 Å². The molecule has 1 amide bonds. The molecule has 168 valence electrons. The summed E-state index contributed by atoms with van der Waals surface area (Å²) in [5.41, 5.74) is 0.518. The lowest BCUT2D eigenvalue weighted by Crippen LogP contribution is -2.34. The molecule has 2 aromatic rings. The summed E-state index contributed by atoms with van der Waals surface area (Å²) in [4.78, 5) is 17.5. The number of imidazole rings is 1. The first kappa shape index (κ1) is 22.2. The third-order valence-corrected chi connectivity index (χ3v) is 7.79. The first-order chi connectivity index (χ1) is 14.4. The second-order valence-electron chi connectivity index (χ2n) is 9.14.